The second-order valence-corrected chi connectivity index (χ2v) is 6.00. The van der Waals surface area contributed by atoms with Crippen LogP contribution in [0.25, 0.3) is 0 Å². The van der Waals surface area contributed by atoms with Crippen LogP contribution in [0.2, 0.25) is 0 Å². The van der Waals surface area contributed by atoms with Gasteiger partial charge in [0, 0.05) is 6.54 Å². The van der Waals surface area contributed by atoms with Crippen molar-refractivity contribution in [2.45, 2.75) is 85.1 Å². The third-order valence-corrected chi connectivity index (χ3v) is 3.65. The molecule has 1 heterocycles. The van der Waals surface area contributed by atoms with Gasteiger partial charge in [0.25, 0.3) is 0 Å². The molecule has 0 spiro atoms. The average molecular weight is 265 g/mol. The molecule has 0 aliphatic heterocycles. The van der Waals surface area contributed by atoms with Crippen LogP contribution in [0.15, 0.2) is 6.20 Å². The van der Waals surface area contributed by atoms with E-state index in [9.17, 15) is 0 Å². The van der Waals surface area contributed by atoms with E-state index in [4.69, 9.17) is 0 Å². The molecule has 0 saturated carbocycles. The van der Waals surface area contributed by atoms with Crippen molar-refractivity contribution in [3.63, 3.8) is 0 Å². The monoisotopic (exact) mass is 265 g/mol. The third-order valence-electron chi connectivity index (χ3n) is 3.65. The van der Waals surface area contributed by atoms with E-state index in [2.05, 4.69) is 35.8 Å². The van der Waals surface area contributed by atoms with E-state index < -0.39 is 0 Å². The molecule has 0 aliphatic carbocycles. The number of unbranched alkanes of at least 4 members (excludes halogenated alkanes) is 6. The number of rotatable bonds is 11. The van der Waals surface area contributed by atoms with Crippen LogP contribution in [-0.4, -0.2) is 15.0 Å². The number of aromatic nitrogens is 3. The summed E-state index contributed by atoms with van der Waals surface area (Å²) in [4.78, 5) is 0. The Morgan fingerprint density at radius 2 is 1.74 bits per heavy atom. The van der Waals surface area contributed by atoms with E-state index in [0.29, 0.717) is 0 Å². The standard InChI is InChI=1S/C16H31N3/c1-4-5-6-7-8-9-10-11-16-14-17-18-19(16)13-12-15(2)3/h14-15H,4-13H2,1-3H3. The normalized spacial score (nSPS) is 11.4. The molecular formula is C16H31N3. The van der Waals surface area contributed by atoms with Gasteiger partial charge in [-0.2, -0.15) is 0 Å². The van der Waals surface area contributed by atoms with Crippen LogP contribution in [0.4, 0.5) is 0 Å². The summed E-state index contributed by atoms with van der Waals surface area (Å²) in [6.07, 6.45) is 13.8. The molecule has 3 nitrogen and oxygen atoms in total. The van der Waals surface area contributed by atoms with Crippen molar-refractivity contribution >= 4 is 0 Å². The summed E-state index contributed by atoms with van der Waals surface area (Å²) in [6.45, 7) is 7.80. The minimum Gasteiger partial charge on any atom is -0.249 e. The topological polar surface area (TPSA) is 30.7 Å². The van der Waals surface area contributed by atoms with Crippen LogP contribution in [-0.2, 0) is 13.0 Å². The quantitative estimate of drug-likeness (QED) is 0.547. The van der Waals surface area contributed by atoms with Gasteiger partial charge in [0.05, 0.1) is 11.9 Å². The van der Waals surface area contributed by atoms with Gasteiger partial charge < -0.3 is 0 Å². The predicted octanol–water partition coefficient (Wildman–Crippen LogP) is 4.62. The highest BCUT2D eigenvalue weighted by Gasteiger charge is 2.04. The molecule has 0 atom stereocenters. The zero-order valence-corrected chi connectivity index (χ0v) is 13.1. The molecule has 19 heavy (non-hydrogen) atoms. The molecule has 0 fully saturated rings. The Morgan fingerprint density at radius 1 is 1.05 bits per heavy atom. The zero-order valence-electron chi connectivity index (χ0n) is 13.1. The molecule has 0 amide bonds. The first-order valence-electron chi connectivity index (χ1n) is 8.11. The summed E-state index contributed by atoms with van der Waals surface area (Å²) in [5.74, 6) is 0.732. The molecule has 0 N–H and O–H groups in total. The fourth-order valence-electron chi connectivity index (χ4n) is 2.30. The Balaban J connectivity index is 2.13. The van der Waals surface area contributed by atoms with Crippen LogP contribution >= 0.6 is 0 Å². The maximum absolute atomic E-state index is 4.19. The summed E-state index contributed by atoms with van der Waals surface area (Å²) in [5, 5.41) is 8.25. The van der Waals surface area contributed by atoms with Crippen molar-refractivity contribution in [2.75, 3.05) is 0 Å². The van der Waals surface area contributed by atoms with E-state index in [-0.39, 0.29) is 0 Å². The van der Waals surface area contributed by atoms with Crippen molar-refractivity contribution in [1.29, 1.82) is 0 Å². The lowest BCUT2D eigenvalue weighted by atomic mass is 10.1. The van der Waals surface area contributed by atoms with Gasteiger partial charge in [0.15, 0.2) is 0 Å². The lowest BCUT2D eigenvalue weighted by Crippen LogP contribution is -2.07. The van der Waals surface area contributed by atoms with E-state index in [1.54, 1.807) is 0 Å². The molecule has 1 rings (SSSR count). The first-order chi connectivity index (χ1) is 9.24. The molecule has 0 aliphatic rings. The van der Waals surface area contributed by atoms with Gasteiger partial charge in [-0.05, 0) is 25.2 Å². The van der Waals surface area contributed by atoms with Gasteiger partial charge >= 0.3 is 0 Å². The van der Waals surface area contributed by atoms with Gasteiger partial charge in [0.1, 0.15) is 0 Å². The number of nitrogens with zero attached hydrogens (tertiary/aromatic N) is 3. The molecule has 0 bridgehead atoms. The Bertz CT molecular complexity index is 318. The Labute approximate surface area is 118 Å². The summed E-state index contributed by atoms with van der Waals surface area (Å²) in [5.41, 5.74) is 1.31. The number of aryl methyl sites for hydroxylation is 2. The molecule has 3 heteroatoms. The largest absolute Gasteiger partial charge is 0.249 e. The number of hydrogen-bond acceptors (Lipinski definition) is 2. The van der Waals surface area contributed by atoms with Crippen LogP contribution in [0.3, 0.4) is 0 Å². The van der Waals surface area contributed by atoms with E-state index in [1.165, 1.54) is 57.1 Å². The molecular weight excluding hydrogens is 234 g/mol. The summed E-state index contributed by atoms with van der Waals surface area (Å²) in [7, 11) is 0. The molecule has 0 radical (unpaired) electrons. The molecule has 0 saturated heterocycles. The highest BCUT2D eigenvalue weighted by Crippen LogP contribution is 2.11. The molecule has 110 valence electrons. The van der Waals surface area contributed by atoms with Crippen molar-refractivity contribution in [1.82, 2.24) is 15.0 Å². The maximum atomic E-state index is 4.19. The van der Waals surface area contributed by atoms with Crippen molar-refractivity contribution < 1.29 is 0 Å². The molecule has 0 unspecified atom stereocenters. The highest BCUT2D eigenvalue weighted by atomic mass is 15.4. The zero-order chi connectivity index (χ0) is 13.9. The van der Waals surface area contributed by atoms with E-state index in [0.717, 1.165) is 18.9 Å². The lowest BCUT2D eigenvalue weighted by Gasteiger charge is -2.08. The SMILES string of the molecule is CCCCCCCCCc1cnnn1CCC(C)C. The molecule has 0 aromatic carbocycles. The first-order valence-corrected chi connectivity index (χ1v) is 8.11. The van der Waals surface area contributed by atoms with Crippen molar-refractivity contribution in [2.24, 2.45) is 5.92 Å². The highest BCUT2D eigenvalue weighted by molar-refractivity contribution is 4.93. The van der Waals surface area contributed by atoms with Crippen LogP contribution in [0.5, 0.6) is 0 Å². The average Bonchev–Trinajstić information content (AvgIpc) is 2.83. The molecule has 1 aromatic rings. The fourth-order valence-corrected chi connectivity index (χ4v) is 2.30. The second kappa shape index (κ2) is 9.99. The maximum Gasteiger partial charge on any atom is 0.0725 e. The number of hydrogen-bond donors (Lipinski definition) is 0. The predicted molar refractivity (Wildman–Crippen MR) is 81.2 cm³/mol. The van der Waals surface area contributed by atoms with Gasteiger partial charge in [-0.1, -0.05) is 64.5 Å². The van der Waals surface area contributed by atoms with Crippen molar-refractivity contribution in [3.8, 4) is 0 Å². The van der Waals surface area contributed by atoms with Crippen LogP contribution in [0.1, 0.15) is 77.8 Å². The minimum absolute atomic E-state index is 0.732. The lowest BCUT2D eigenvalue weighted by molar-refractivity contribution is 0.463. The van der Waals surface area contributed by atoms with Gasteiger partial charge in [-0.3, -0.25) is 0 Å². The van der Waals surface area contributed by atoms with Crippen LogP contribution in [0, 0.1) is 5.92 Å². The third kappa shape index (κ3) is 7.34. The second-order valence-electron chi connectivity index (χ2n) is 6.00. The molecule has 1 aromatic heterocycles. The Hall–Kier alpha value is -0.860. The van der Waals surface area contributed by atoms with E-state index >= 15 is 0 Å². The van der Waals surface area contributed by atoms with Gasteiger partial charge in [-0.15, -0.1) is 5.10 Å². The summed E-state index contributed by atoms with van der Waals surface area (Å²) in [6, 6.07) is 0. The van der Waals surface area contributed by atoms with Gasteiger partial charge in [0.2, 0.25) is 0 Å². The Morgan fingerprint density at radius 3 is 2.42 bits per heavy atom. The fraction of sp³-hybridized carbons (Fsp3) is 0.875. The van der Waals surface area contributed by atoms with Crippen LogP contribution < -0.4 is 0 Å². The Kier molecular flexibility index (Phi) is 8.52. The van der Waals surface area contributed by atoms with Gasteiger partial charge in [-0.25, -0.2) is 4.68 Å². The summed E-state index contributed by atoms with van der Waals surface area (Å²) < 4.78 is 2.09. The summed E-state index contributed by atoms with van der Waals surface area (Å²) >= 11 is 0. The first kappa shape index (κ1) is 16.2. The smallest absolute Gasteiger partial charge is 0.0725 e. The minimum atomic E-state index is 0.732. The van der Waals surface area contributed by atoms with E-state index in [1.807, 2.05) is 6.20 Å². The van der Waals surface area contributed by atoms with Crippen molar-refractivity contribution in [3.05, 3.63) is 11.9 Å².